The minimum atomic E-state index is -0.00625. The molecule has 0 spiro atoms. The first-order valence-corrected chi connectivity index (χ1v) is 7.84. The molecule has 5 heteroatoms. The highest BCUT2D eigenvalue weighted by molar-refractivity contribution is 5.81. The molecule has 0 bridgehead atoms. The molecule has 1 aliphatic heterocycles. The summed E-state index contributed by atoms with van der Waals surface area (Å²) in [7, 11) is 0. The molecule has 116 valence electrons. The predicted molar refractivity (Wildman–Crippen MR) is 89.2 cm³/mol. The van der Waals surface area contributed by atoms with Crippen molar-refractivity contribution >= 4 is 10.9 Å². The summed E-state index contributed by atoms with van der Waals surface area (Å²) in [5, 5.41) is 1.15. The van der Waals surface area contributed by atoms with Crippen LogP contribution in [0.5, 0.6) is 0 Å². The van der Waals surface area contributed by atoms with E-state index in [2.05, 4.69) is 44.1 Å². The summed E-state index contributed by atoms with van der Waals surface area (Å²) in [5.74, 6) is 0.695. The monoisotopic (exact) mass is 306 g/mol. The number of aromatic amines is 1. The fraction of sp³-hybridized carbons (Fsp3) is 0.278. The fourth-order valence-corrected chi connectivity index (χ4v) is 3.28. The third-order valence-electron chi connectivity index (χ3n) is 4.38. The van der Waals surface area contributed by atoms with E-state index in [1.54, 1.807) is 0 Å². The Balaban J connectivity index is 1.64. The summed E-state index contributed by atoms with van der Waals surface area (Å²) in [6, 6.07) is 10.3. The Labute approximate surface area is 134 Å². The molecule has 0 saturated heterocycles. The lowest BCUT2D eigenvalue weighted by atomic mass is 10.0. The molecule has 0 amide bonds. The van der Waals surface area contributed by atoms with Gasteiger partial charge in [0.1, 0.15) is 5.82 Å². The Kier molecular flexibility index (Phi) is 3.42. The van der Waals surface area contributed by atoms with E-state index in [0.29, 0.717) is 12.4 Å². The molecule has 0 unspecified atom stereocenters. The molecular formula is C18H18N4O. The average molecular weight is 306 g/mol. The second-order valence-electron chi connectivity index (χ2n) is 6.03. The van der Waals surface area contributed by atoms with Crippen LogP contribution in [0.3, 0.4) is 0 Å². The highest BCUT2D eigenvalue weighted by atomic mass is 16.1. The summed E-state index contributed by atoms with van der Waals surface area (Å²) < 4.78 is 0. The van der Waals surface area contributed by atoms with Crippen LogP contribution in [-0.4, -0.2) is 26.4 Å². The largest absolute Gasteiger partial charge is 0.310 e. The molecule has 0 aliphatic carbocycles. The van der Waals surface area contributed by atoms with Crippen molar-refractivity contribution in [2.24, 2.45) is 0 Å². The standard InChI is InChI=1S/C18H18N4O/c1-12-20-16-7-9-22(11-15(16)18(23)21-12)10-14-5-2-4-13-6-3-8-19-17(13)14/h2-6,8H,7,9-11H2,1H3,(H,20,21,23). The zero-order chi connectivity index (χ0) is 15.8. The van der Waals surface area contributed by atoms with Gasteiger partial charge in [0.05, 0.1) is 16.8 Å². The van der Waals surface area contributed by atoms with Gasteiger partial charge in [0.15, 0.2) is 0 Å². The first kappa shape index (κ1) is 14.1. The highest BCUT2D eigenvalue weighted by Crippen LogP contribution is 2.21. The molecule has 1 aromatic carbocycles. The molecule has 23 heavy (non-hydrogen) atoms. The lowest BCUT2D eigenvalue weighted by molar-refractivity contribution is 0.242. The van der Waals surface area contributed by atoms with E-state index in [1.807, 2.05) is 19.2 Å². The van der Waals surface area contributed by atoms with Crippen LogP contribution >= 0.6 is 0 Å². The zero-order valence-electron chi connectivity index (χ0n) is 13.0. The number of rotatable bonds is 2. The topological polar surface area (TPSA) is 61.9 Å². The summed E-state index contributed by atoms with van der Waals surface area (Å²) >= 11 is 0. The molecule has 1 N–H and O–H groups in total. The van der Waals surface area contributed by atoms with Gasteiger partial charge in [-0.25, -0.2) is 4.98 Å². The maximum atomic E-state index is 12.2. The summed E-state index contributed by atoms with van der Waals surface area (Å²) in [6.45, 7) is 4.17. The van der Waals surface area contributed by atoms with E-state index in [1.165, 1.54) is 5.56 Å². The predicted octanol–water partition coefficient (Wildman–Crippen LogP) is 2.18. The molecule has 5 nitrogen and oxygen atoms in total. The molecule has 0 atom stereocenters. The van der Waals surface area contributed by atoms with Gasteiger partial charge in [0.2, 0.25) is 0 Å². The number of hydrogen-bond donors (Lipinski definition) is 1. The summed E-state index contributed by atoms with van der Waals surface area (Å²) in [5.41, 5.74) is 3.97. The van der Waals surface area contributed by atoms with Gasteiger partial charge >= 0.3 is 0 Å². The van der Waals surface area contributed by atoms with E-state index in [9.17, 15) is 4.79 Å². The number of benzene rings is 1. The van der Waals surface area contributed by atoms with Crippen molar-refractivity contribution < 1.29 is 0 Å². The third-order valence-corrected chi connectivity index (χ3v) is 4.38. The Morgan fingerprint density at radius 3 is 3.04 bits per heavy atom. The minimum absolute atomic E-state index is 0.00625. The number of nitrogens with one attached hydrogen (secondary N) is 1. The quantitative estimate of drug-likeness (QED) is 0.788. The molecule has 0 saturated carbocycles. The van der Waals surface area contributed by atoms with Gasteiger partial charge in [-0.2, -0.15) is 0 Å². The van der Waals surface area contributed by atoms with Crippen LogP contribution in [0.2, 0.25) is 0 Å². The maximum absolute atomic E-state index is 12.2. The first-order chi connectivity index (χ1) is 11.2. The Bertz CT molecular complexity index is 926. The van der Waals surface area contributed by atoms with Gasteiger partial charge in [-0.1, -0.05) is 24.3 Å². The Morgan fingerprint density at radius 1 is 1.26 bits per heavy atom. The SMILES string of the molecule is Cc1nc2c(c(=O)[nH]1)CN(Cc1cccc3cccnc13)CC2. The molecule has 0 fully saturated rings. The van der Waals surface area contributed by atoms with Crippen molar-refractivity contribution in [2.45, 2.75) is 26.4 Å². The van der Waals surface area contributed by atoms with Gasteiger partial charge in [0.25, 0.3) is 5.56 Å². The molecule has 0 radical (unpaired) electrons. The average Bonchev–Trinajstić information content (AvgIpc) is 2.56. The number of aryl methyl sites for hydroxylation is 1. The molecular weight excluding hydrogens is 288 g/mol. The number of hydrogen-bond acceptors (Lipinski definition) is 4. The van der Waals surface area contributed by atoms with Crippen molar-refractivity contribution in [3.8, 4) is 0 Å². The van der Waals surface area contributed by atoms with E-state index in [4.69, 9.17) is 0 Å². The fourth-order valence-electron chi connectivity index (χ4n) is 3.28. The number of pyridine rings is 1. The van der Waals surface area contributed by atoms with Crippen LogP contribution < -0.4 is 5.56 Å². The van der Waals surface area contributed by atoms with Crippen LogP contribution in [0.15, 0.2) is 41.3 Å². The lowest BCUT2D eigenvalue weighted by Gasteiger charge is -2.27. The number of aromatic nitrogens is 3. The van der Waals surface area contributed by atoms with Crippen LogP contribution in [0, 0.1) is 6.92 Å². The molecule has 4 rings (SSSR count). The van der Waals surface area contributed by atoms with Gasteiger partial charge in [0, 0.05) is 37.6 Å². The van der Waals surface area contributed by atoms with Gasteiger partial charge in [-0.15, -0.1) is 0 Å². The first-order valence-electron chi connectivity index (χ1n) is 7.84. The number of H-pyrrole nitrogens is 1. The second kappa shape index (κ2) is 5.59. The van der Waals surface area contributed by atoms with Crippen LogP contribution in [0.1, 0.15) is 22.6 Å². The molecule has 2 aromatic heterocycles. The highest BCUT2D eigenvalue weighted by Gasteiger charge is 2.21. The number of para-hydroxylation sites is 1. The Hall–Kier alpha value is -2.53. The van der Waals surface area contributed by atoms with Crippen molar-refractivity contribution in [3.05, 3.63) is 69.5 Å². The van der Waals surface area contributed by atoms with Crippen molar-refractivity contribution in [1.29, 1.82) is 0 Å². The van der Waals surface area contributed by atoms with E-state index in [0.717, 1.165) is 41.7 Å². The maximum Gasteiger partial charge on any atom is 0.255 e. The summed E-state index contributed by atoms with van der Waals surface area (Å²) in [6.07, 6.45) is 2.65. The van der Waals surface area contributed by atoms with Crippen LogP contribution in [0.25, 0.3) is 10.9 Å². The molecule has 3 aromatic rings. The van der Waals surface area contributed by atoms with E-state index < -0.39 is 0 Å². The van der Waals surface area contributed by atoms with E-state index >= 15 is 0 Å². The van der Waals surface area contributed by atoms with Crippen LogP contribution in [0.4, 0.5) is 0 Å². The smallest absolute Gasteiger partial charge is 0.255 e. The van der Waals surface area contributed by atoms with Gasteiger partial charge < -0.3 is 4.98 Å². The summed E-state index contributed by atoms with van der Waals surface area (Å²) in [4.78, 5) is 26.2. The zero-order valence-corrected chi connectivity index (χ0v) is 13.0. The molecule has 3 heterocycles. The Morgan fingerprint density at radius 2 is 2.13 bits per heavy atom. The van der Waals surface area contributed by atoms with Gasteiger partial charge in [-0.05, 0) is 18.6 Å². The molecule has 1 aliphatic rings. The second-order valence-corrected chi connectivity index (χ2v) is 6.03. The van der Waals surface area contributed by atoms with Crippen molar-refractivity contribution in [2.75, 3.05) is 6.54 Å². The van der Waals surface area contributed by atoms with Crippen molar-refractivity contribution in [1.82, 2.24) is 19.9 Å². The lowest BCUT2D eigenvalue weighted by Crippen LogP contribution is -2.35. The van der Waals surface area contributed by atoms with Crippen LogP contribution in [-0.2, 0) is 19.5 Å². The third kappa shape index (κ3) is 2.64. The number of nitrogens with zero attached hydrogens (tertiary/aromatic N) is 3. The van der Waals surface area contributed by atoms with Crippen molar-refractivity contribution in [3.63, 3.8) is 0 Å². The minimum Gasteiger partial charge on any atom is -0.310 e. The van der Waals surface area contributed by atoms with Gasteiger partial charge in [-0.3, -0.25) is 14.7 Å². The number of fused-ring (bicyclic) bond motifs is 2. The normalized spacial score (nSPS) is 14.8. The van der Waals surface area contributed by atoms with E-state index in [-0.39, 0.29) is 5.56 Å².